The van der Waals surface area contributed by atoms with E-state index in [0.29, 0.717) is 16.5 Å². The van der Waals surface area contributed by atoms with Crippen LogP contribution in [-0.2, 0) is 0 Å². The van der Waals surface area contributed by atoms with Crippen LogP contribution in [0, 0.1) is 17.0 Å². The van der Waals surface area contributed by atoms with Gasteiger partial charge in [-0.2, -0.15) is 0 Å². The molecule has 0 spiro atoms. The molecule has 1 rings (SSSR count). The van der Waals surface area contributed by atoms with Gasteiger partial charge in [0.1, 0.15) is 0 Å². The van der Waals surface area contributed by atoms with Crippen LogP contribution in [0.1, 0.15) is 22.8 Å². The number of rotatable bonds is 4. The molecule has 5 nitrogen and oxygen atoms in total. The zero-order valence-corrected chi connectivity index (χ0v) is 12.1. The first-order chi connectivity index (χ1) is 8.40. The number of nitro benzene ring substituents is 1. The van der Waals surface area contributed by atoms with E-state index in [2.05, 4.69) is 15.9 Å². The predicted molar refractivity (Wildman–Crippen MR) is 73.2 cm³/mol. The molecule has 0 saturated heterocycles. The van der Waals surface area contributed by atoms with Gasteiger partial charge < -0.3 is 4.90 Å². The number of nitro groups is 1. The van der Waals surface area contributed by atoms with Gasteiger partial charge in [-0.1, -0.05) is 22.0 Å². The van der Waals surface area contributed by atoms with E-state index in [1.54, 1.807) is 24.9 Å². The minimum Gasteiger partial charge on any atom is -0.338 e. The van der Waals surface area contributed by atoms with Gasteiger partial charge in [0, 0.05) is 35.6 Å². The highest BCUT2D eigenvalue weighted by atomic mass is 79.9. The smallest absolute Gasteiger partial charge is 0.273 e. The van der Waals surface area contributed by atoms with Crippen molar-refractivity contribution in [1.29, 1.82) is 0 Å². The molecular weight excluding hydrogens is 300 g/mol. The van der Waals surface area contributed by atoms with E-state index in [4.69, 9.17) is 0 Å². The molecule has 18 heavy (non-hydrogen) atoms. The molecule has 1 aromatic rings. The maximum atomic E-state index is 12.2. The van der Waals surface area contributed by atoms with Crippen LogP contribution in [0.5, 0.6) is 0 Å². The zero-order chi connectivity index (χ0) is 13.9. The quantitative estimate of drug-likeness (QED) is 0.487. The van der Waals surface area contributed by atoms with Crippen LogP contribution in [0.15, 0.2) is 18.2 Å². The van der Waals surface area contributed by atoms with Crippen LogP contribution in [0.3, 0.4) is 0 Å². The molecule has 0 fully saturated rings. The zero-order valence-electron chi connectivity index (χ0n) is 10.5. The summed E-state index contributed by atoms with van der Waals surface area (Å²) < 4.78 is 0. The second kappa shape index (κ2) is 5.95. The lowest BCUT2D eigenvalue weighted by Crippen LogP contribution is -2.36. The summed E-state index contributed by atoms with van der Waals surface area (Å²) in [5, 5.41) is 11.5. The van der Waals surface area contributed by atoms with Gasteiger partial charge in [-0.15, -0.1) is 0 Å². The molecule has 0 heterocycles. The summed E-state index contributed by atoms with van der Waals surface area (Å²) in [6.45, 7) is 3.50. The monoisotopic (exact) mass is 314 g/mol. The Labute approximate surface area is 114 Å². The van der Waals surface area contributed by atoms with Crippen molar-refractivity contribution in [1.82, 2.24) is 4.90 Å². The lowest BCUT2D eigenvalue weighted by molar-refractivity contribution is -0.385. The van der Waals surface area contributed by atoms with Crippen LogP contribution < -0.4 is 0 Å². The maximum Gasteiger partial charge on any atom is 0.273 e. The highest BCUT2D eigenvalue weighted by Gasteiger charge is 2.22. The molecule has 0 saturated carbocycles. The second-order valence-corrected chi connectivity index (χ2v) is 4.77. The Morgan fingerprint density at radius 2 is 2.17 bits per heavy atom. The van der Waals surface area contributed by atoms with Crippen LogP contribution in [0.2, 0.25) is 0 Å². The van der Waals surface area contributed by atoms with Crippen LogP contribution >= 0.6 is 15.9 Å². The summed E-state index contributed by atoms with van der Waals surface area (Å²) >= 11 is 3.31. The summed E-state index contributed by atoms with van der Waals surface area (Å²) in [5.41, 5.74) is 0.751. The van der Waals surface area contributed by atoms with Gasteiger partial charge in [0.2, 0.25) is 0 Å². The molecule has 0 aliphatic heterocycles. The van der Waals surface area contributed by atoms with E-state index in [1.807, 2.05) is 6.92 Å². The summed E-state index contributed by atoms with van der Waals surface area (Å²) in [6, 6.07) is 4.57. The Kier molecular flexibility index (Phi) is 4.84. The molecular formula is C12H15BrN2O3. The van der Waals surface area contributed by atoms with E-state index in [0.717, 1.165) is 0 Å². The molecule has 1 amide bonds. The number of carbonyl (C=O) groups is 1. The number of hydrogen-bond acceptors (Lipinski definition) is 3. The first-order valence-corrected chi connectivity index (χ1v) is 6.59. The topological polar surface area (TPSA) is 63.5 Å². The fourth-order valence-electron chi connectivity index (χ4n) is 1.55. The predicted octanol–water partition coefficient (Wildman–Crippen LogP) is 2.76. The van der Waals surface area contributed by atoms with E-state index in [-0.39, 0.29) is 17.6 Å². The molecule has 1 unspecified atom stereocenters. The molecule has 0 bridgehead atoms. The summed E-state index contributed by atoms with van der Waals surface area (Å²) in [4.78, 5) is 24.2. The third kappa shape index (κ3) is 2.87. The van der Waals surface area contributed by atoms with Gasteiger partial charge in [-0.3, -0.25) is 14.9 Å². The Morgan fingerprint density at radius 3 is 2.67 bits per heavy atom. The van der Waals surface area contributed by atoms with Crippen molar-refractivity contribution in [2.24, 2.45) is 0 Å². The Bertz CT molecular complexity index is 476. The average molecular weight is 315 g/mol. The number of alkyl halides is 1. The first-order valence-electron chi connectivity index (χ1n) is 5.47. The first kappa shape index (κ1) is 14.6. The van der Waals surface area contributed by atoms with Gasteiger partial charge >= 0.3 is 0 Å². The molecule has 0 N–H and O–H groups in total. The maximum absolute atomic E-state index is 12.2. The van der Waals surface area contributed by atoms with E-state index in [9.17, 15) is 14.9 Å². The number of carbonyl (C=O) groups excluding carboxylic acids is 1. The molecule has 6 heteroatoms. The molecule has 98 valence electrons. The van der Waals surface area contributed by atoms with Crippen molar-refractivity contribution in [2.75, 3.05) is 12.4 Å². The molecule has 1 atom stereocenters. The minimum absolute atomic E-state index is 0.0242. The Morgan fingerprint density at radius 1 is 1.56 bits per heavy atom. The van der Waals surface area contributed by atoms with Gasteiger partial charge in [0.25, 0.3) is 11.6 Å². The molecule has 0 aliphatic carbocycles. The van der Waals surface area contributed by atoms with Gasteiger partial charge in [-0.25, -0.2) is 0 Å². The van der Waals surface area contributed by atoms with Crippen molar-refractivity contribution in [2.45, 2.75) is 19.9 Å². The summed E-state index contributed by atoms with van der Waals surface area (Å²) in [7, 11) is 1.69. The molecule has 1 aromatic carbocycles. The third-order valence-corrected chi connectivity index (χ3v) is 3.87. The minimum atomic E-state index is -0.472. The van der Waals surface area contributed by atoms with E-state index >= 15 is 0 Å². The van der Waals surface area contributed by atoms with Gasteiger partial charge in [0.15, 0.2) is 0 Å². The van der Waals surface area contributed by atoms with E-state index in [1.165, 1.54) is 12.1 Å². The number of benzene rings is 1. The molecule has 0 radical (unpaired) electrons. The van der Waals surface area contributed by atoms with Crippen LogP contribution in [0.25, 0.3) is 0 Å². The van der Waals surface area contributed by atoms with Crippen molar-refractivity contribution in [3.8, 4) is 0 Å². The van der Waals surface area contributed by atoms with Gasteiger partial charge in [0.05, 0.1) is 4.92 Å². The lowest BCUT2D eigenvalue weighted by Gasteiger charge is -2.23. The SMILES string of the molecule is Cc1c(C(=O)N(C)C(C)CBr)cccc1[N+](=O)[O-]. The summed E-state index contributed by atoms with van der Waals surface area (Å²) in [5.74, 6) is -0.205. The Hall–Kier alpha value is -1.43. The standard InChI is InChI=1S/C12H15BrN2O3/c1-8(7-13)14(3)12(16)10-5-4-6-11(9(10)2)15(17)18/h4-6,8H,7H2,1-3H3. The number of halogens is 1. The van der Waals surface area contributed by atoms with Crippen molar-refractivity contribution < 1.29 is 9.72 Å². The molecule has 0 aliphatic rings. The second-order valence-electron chi connectivity index (χ2n) is 4.13. The average Bonchev–Trinajstić information content (AvgIpc) is 2.36. The van der Waals surface area contributed by atoms with Crippen LogP contribution in [-0.4, -0.2) is 34.2 Å². The number of nitrogens with zero attached hydrogens (tertiary/aromatic N) is 2. The fourth-order valence-corrected chi connectivity index (χ4v) is 1.98. The number of amides is 1. The van der Waals surface area contributed by atoms with Gasteiger partial charge in [-0.05, 0) is 19.9 Å². The fraction of sp³-hybridized carbons (Fsp3) is 0.417. The third-order valence-electron chi connectivity index (χ3n) is 2.94. The normalized spacial score (nSPS) is 12.0. The lowest BCUT2D eigenvalue weighted by atomic mass is 10.1. The Balaban J connectivity index is 3.14. The largest absolute Gasteiger partial charge is 0.338 e. The van der Waals surface area contributed by atoms with Crippen molar-refractivity contribution >= 4 is 27.5 Å². The van der Waals surface area contributed by atoms with E-state index < -0.39 is 4.92 Å². The van der Waals surface area contributed by atoms with Crippen molar-refractivity contribution in [3.63, 3.8) is 0 Å². The highest BCUT2D eigenvalue weighted by molar-refractivity contribution is 9.09. The van der Waals surface area contributed by atoms with Crippen LogP contribution in [0.4, 0.5) is 5.69 Å². The van der Waals surface area contributed by atoms with Crippen molar-refractivity contribution in [3.05, 3.63) is 39.4 Å². The molecule has 0 aromatic heterocycles. The number of hydrogen-bond donors (Lipinski definition) is 0. The highest BCUT2D eigenvalue weighted by Crippen LogP contribution is 2.22. The summed E-state index contributed by atoms with van der Waals surface area (Å²) in [6.07, 6.45) is 0.